The molecule has 0 atom stereocenters. The molecular formula is C13H19BrN2O2S. The van der Waals surface area contributed by atoms with E-state index in [1.165, 1.54) is 4.31 Å². The predicted molar refractivity (Wildman–Crippen MR) is 80.0 cm³/mol. The second-order valence-electron chi connectivity index (χ2n) is 4.85. The molecule has 0 spiro atoms. The van der Waals surface area contributed by atoms with Crippen molar-refractivity contribution in [3.63, 3.8) is 0 Å². The van der Waals surface area contributed by atoms with E-state index >= 15 is 0 Å². The van der Waals surface area contributed by atoms with Crippen LogP contribution >= 0.6 is 15.9 Å². The van der Waals surface area contributed by atoms with Gasteiger partial charge in [0, 0.05) is 31.2 Å². The zero-order chi connectivity index (χ0) is 13.9. The Kier molecular flexibility index (Phi) is 5.00. The Morgan fingerprint density at radius 1 is 1.26 bits per heavy atom. The average Bonchev–Trinajstić information content (AvgIpc) is 2.39. The molecule has 0 radical (unpaired) electrons. The molecule has 0 bridgehead atoms. The summed E-state index contributed by atoms with van der Waals surface area (Å²) in [6, 6.07) is 7.73. The first-order valence-electron chi connectivity index (χ1n) is 6.46. The number of benzene rings is 1. The van der Waals surface area contributed by atoms with Crippen LogP contribution in [0.25, 0.3) is 0 Å². The summed E-state index contributed by atoms with van der Waals surface area (Å²) in [7, 11) is -1.68. The van der Waals surface area contributed by atoms with Gasteiger partial charge in [0.1, 0.15) is 0 Å². The minimum atomic E-state index is -3.32. The summed E-state index contributed by atoms with van der Waals surface area (Å²) in [5, 5.41) is 0. The molecule has 0 N–H and O–H groups in total. The van der Waals surface area contributed by atoms with E-state index in [-0.39, 0.29) is 0 Å². The first-order chi connectivity index (χ1) is 9.00. The van der Waals surface area contributed by atoms with Crippen LogP contribution < -0.4 is 0 Å². The Morgan fingerprint density at radius 3 is 2.58 bits per heavy atom. The van der Waals surface area contributed by atoms with Crippen LogP contribution in [-0.4, -0.2) is 37.2 Å². The molecule has 106 valence electrons. The van der Waals surface area contributed by atoms with E-state index < -0.39 is 10.2 Å². The minimum Gasteiger partial charge on any atom is -0.195 e. The summed E-state index contributed by atoms with van der Waals surface area (Å²) in [6.07, 6.45) is 3.05. The summed E-state index contributed by atoms with van der Waals surface area (Å²) in [5.74, 6) is 0. The van der Waals surface area contributed by atoms with E-state index in [0.717, 1.165) is 29.3 Å². The van der Waals surface area contributed by atoms with Gasteiger partial charge in [0.2, 0.25) is 0 Å². The van der Waals surface area contributed by atoms with Crippen molar-refractivity contribution in [3.05, 3.63) is 34.3 Å². The number of hydrogen-bond acceptors (Lipinski definition) is 2. The first-order valence-corrected chi connectivity index (χ1v) is 8.65. The summed E-state index contributed by atoms with van der Waals surface area (Å²) < 4.78 is 28.8. The topological polar surface area (TPSA) is 40.6 Å². The molecule has 0 unspecified atom stereocenters. The third-order valence-electron chi connectivity index (χ3n) is 3.33. The van der Waals surface area contributed by atoms with Crippen molar-refractivity contribution < 1.29 is 8.42 Å². The molecule has 1 aromatic carbocycles. The number of hydrogen-bond donors (Lipinski definition) is 0. The Balaban J connectivity index is 2.07. The summed E-state index contributed by atoms with van der Waals surface area (Å²) in [4.78, 5) is 0. The molecule has 0 aromatic heterocycles. The molecule has 6 heteroatoms. The van der Waals surface area contributed by atoms with Crippen LogP contribution in [0.3, 0.4) is 0 Å². The molecule has 0 aliphatic carbocycles. The van der Waals surface area contributed by atoms with Gasteiger partial charge in [-0.2, -0.15) is 17.0 Å². The van der Waals surface area contributed by atoms with Gasteiger partial charge in [-0.1, -0.05) is 34.5 Å². The summed E-state index contributed by atoms with van der Waals surface area (Å²) >= 11 is 3.40. The van der Waals surface area contributed by atoms with Crippen molar-refractivity contribution in [1.82, 2.24) is 8.61 Å². The maximum absolute atomic E-state index is 12.4. The zero-order valence-corrected chi connectivity index (χ0v) is 13.5. The lowest BCUT2D eigenvalue weighted by Crippen LogP contribution is -2.44. The maximum Gasteiger partial charge on any atom is 0.282 e. The van der Waals surface area contributed by atoms with Gasteiger partial charge >= 0.3 is 0 Å². The van der Waals surface area contributed by atoms with Crippen LogP contribution in [0, 0.1) is 0 Å². The molecule has 4 nitrogen and oxygen atoms in total. The van der Waals surface area contributed by atoms with Gasteiger partial charge in [0.15, 0.2) is 0 Å². The molecule has 1 fully saturated rings. The average molecular weight is 347 g/mol. The smallest absolute Gasteiger partial charge is 0.195 e. The van der Waals surface area contributed by atoms with Crippen LogP contribution in [0.5, 0.6) is 0 Å². The summed E-state index contributed by atoms with van der Waals surface area (Å²) in [5.41, 5.74) is 0.984. The van der Waals surface area contributed by atoms with Gasteiger partial charge in [-0.25, -0.2) is 0 Å². The monoisotopic (exact) mass is 346 g/mol. The lowest BCUT2D eigenvalue weighted by molar-refractivity contribution is 0.314. The molecule has 2 rings (SSSR count). The standard InChI is InChI=1S/C13H19BrN2O2S/c1-15(11-12-6-5-7-13(14)10-12)19(17,18)16-8-3-2-4-9-16/h5-7,10H,2-4,8-9,11H2,1H3. The Labute approximate surface area is 123 Å². The second kappa shape index (κ2) is 6.35. The molecule has 19 heavy (non-hydrogen) atoms. The fourth-order valence-corrected chi connectivity index (χ4v) is 4.14. The third-order valence-corrected chi connectivity index (χ3v) is 5.76. The molecule has 1 aliphatic heterocycles. The van der Waals surface area contributed by atoms with Crippen molar-refractivity contribution in [2.24, 2.45) is 0 Å². The van der Waals surface area contributed by atoms with Gasteiger partial charge in [-0.15, -0.1) is 0 Å². The highest BCUT2D eigenvalue weighted by atomic mass is 79.9. The molecule has 0 amide bonds. The van der Waals surface area contributed by atoms with Crippen molar-refractivity contribution >= 4 is 26.1 Å². The molecule has 1 aromatic rings. The zero-order valence-electron chi connectivity index (χ0n) is 11.0. The van der Waals surface area contributed by atoms with Crippen molar-refractivity contribution in [3.8, 4) is 0 Å². The SMILES string of the molecule is CN(Cc1cccc(Br)c1)S(=O)(=O)N1CCCCC1. The van der Waals surface area contributed by atoms with Crippen LogP contribution in [-0.2, 0) is 16.8 Å². The van der Waals surface area contributed by atoms with E-state index in [1.54, 1.807) is 11.4 Å². The number of piperidine rings is 1. The van der Waals surface area contributed by atoms with E-state index in [4.69, 9.17) is 0 Å². The van der Waals surface area contributed by atoms with Gasteiger partial charge in [-0.05, 0) is 30.5 Å². The van der Waals surface area contributed by atoms with Gasteiger partial charge in [0.25, 0.3) is 10.2 Å². The normalized spacial score (nSPS) is 17.8. The highest BCUT2D eigenvalue weighted by molar-refractivity contribution is 9.10. The quantitative estimate of drug-likeness (QED) is 0.840. The van der Waals surface area contributed by atoms with Gasteiger partial charge in [0.05, 0.1) is 0 Å². The Bertz CT molecular complexity index is 527. The Hall–Kier alpha value is -0.430. The number of nitrogens with zero attached hydrogens (tertiary/aromatic N) is 2. The molecule has 1 heterocycles. The molecule has 0 saturated carbocycles. The Morgan fingerprint density at radius 2 is 1.95 bits per heavy atom. The molecule has 1 aliphatic rings. The second-order valence-corrected chi connectivity index (χ2v) is 7.80. The fraction of sp³-hybridized carbons (Fsp3) is 0.538. The number of rotatable bonds is 4. The van der Waals surface area contributed by atoms with Crippen LogP contribution in [0.15, 0.2) is 28.7 Å². The van der Waals surface area contributed by atoms with Crippen LogP contribution in [0.4, 0.5) is 0 Å². The lowest BCUT2D eigenvalue weighted by atomic mass is 10.2. The van der Waals surface area contributed by atoms with E-state index in [2.05, 4.69) is 15.9 Å². The molecule has 1 saturated heterocycles. The minimum absolute atomic E-state index is 0.401. The highest BCUT2D eigenvalue weighted by Gasteiger charge is 2.27. The lowest BCUT2D eigenvalue weighted by Gasteiger charge is -2.30. The highest BCUT2D eigenvalue weighted by Crippen LogP contribution is 2.18. The predicted octanol–water partition coefficient (Wildman–Crippen LogP) is 2.61. The maximum atomic E-state index is 12.4. The molecular weight excluding hydrogens is 328 g/mol. The van der Waals surface area contributed by atoms with Gasteiger partial charge < -0.3 is 0 Å². The van der Waals surface area contributed by atoms with E-state index in [0.29, 0.717) is 19.6 Å². The summed E-state index contributed by atoms with van der Waals surface area (Å²) in [6.45, 7) is 1.69. The van der Waals surface area contributed by atoms with Crippen molar-refractivity contribution in [2.75, 3.05) is 20.1 Å². The van der Waals surface area contributed by atoms with Crippen LogP contribution in [0.2, 0.25) is 0 Å². The number of halogens is 1. The van der Waals surface area contributed by atoms with Crippen LogP contribution in [0.1, 0.15) is 24.8 Å². The van der Waals surface area contributed by atoms with Crippen molar-refractivity contribution in [1.29, 1.82) is 0 Å². The van der Waals surface area contributed by atoms with E-state index in [9.17, 15) is 8.42 Å². The first kappa shape index (κ1) is 15.0. The van der Waals surface area contributed by atoms with E-state index in [1.807, 2.05) is 24.3 Å². The largest absolute Gasteiger partial charge is 0.282 e. The van der Waals surface area contributed by atoms with Crippen molar-refractivity contribution in [2.45, 2.75) is 25.8 Å². The van der Waals surface area contributed by atoms with Gasteiger partial charge in [-0.3, -0.25) is 0 Å². The fourth-order valence-electron chi connectivity index (χ4n) is 2.27. The third kappa shape index (κ3) is 3.78.